The number of nitrogens with zero attached hydrogens (tertiary/aromatic N) is 3. The van der Waals surface area contributed by atoms with Crippen molar-refractivity contribution in [3.63, 3.8) is 0 Å². The Labute approximate surface area is 196 Å². The molecule has 2 aromatic heterocycles. The zero-order chi connectivity index (χ0) is 23.7. The molecule has 2 aromatic carbocycles. The molecule has 0 aliphatic carbocycles. The summed E-state index contributed by atoms with van der Waals surface area (Å²) in [6.07, 6.45) is 3.44. The molecule has 8 heteroatoms. The zero-order valence-corrected chi connectivity index (χ0v) is 18.7. The van der Waals surface area contributed by atoms with E-state index in [-0.39, 0.29) is 5.91 Å². The van der Waals surface area contributed by atoms with E-state index in [1.165, 1.54) is 0 Å². The molecule has 0 fully saturated rings. The number of carbonyl (C=O) groups excluding carboxylic acids is 2. The summed E-state index contributed by atoms with van der Waals surface area (Å²) in [6, 6.07) is 17.7. The maximum absolute atomic E-state index is 13.6. The standard InChI is InChI=1S/C26H22N4O4/c1-3-34-26(32)17-6-10-19(11-7-17)30-24(18-5-4-14-27-15-18)21-22(28-29-23(21)25(30)31)16-8-12-20(33-2)13-9-16/h4-15,24H,3H2,1-2H3,(H,28,29). The number of carbonyl (C=O) groups is 2. The molecule has 0 radical (unpaired) electrons. The fourth-order valence-electron chi connectivity index (χ4n) is 4.21. The van der Waals surface area contributed by atoms with Gasteiger partial charge in [-0.05, 0) is 67.1 Å². The summed E-state index contributed by atoms with van der Waals surface area (Å²) in [5.74, 6) is 0.126. The third kappa shape index (κ3) is 3.59. The van der Waals surface area contributed by atoms with Gasteiger partial charge in [0.1, 0.15) is 11.4 Å². The fraction of sp³-hybridized carbons (Fsp3) is 0.154. The van der Waals surface area contributed by atoms with Crippen molar-refractivity contribution in [1.82, 2.24) is 15.2 Å². The highest BCUT2D eigenvalue weighted by atomic mass is 16.5. The highest BCUT2D eigenvalue weighted by Gasteiger charge is 2.43. The Kier molecular flexibility index (Phi) is 5.55. The number of fused-ring (bicyclic) bond motifs is 1. The molecule has 1 N–H and O–H groups in total. The molecule has 1 unspecified atom stereocenters. The number of hydrogen-bond donors (Lipinski definition) is 1. The number of nitrogens with one attached hydrogen (secondary N) is 1. The number of esters is 1. The third-order valence-electron chi connectivity index (χ3n) is 5.79. The molecule has 0 saturated carbocycles. The number of pyridine rings is 1. The van der Waals surface area contributed by atoms with Crippen LogP contribution in [0.5, 0.6) is 5.75 Å². The number of methoxy groups -OCH3 is 1. The molecule has 170 valence electrons. The second-order valence-corrected chi connectivity index (χ2v) is 7.72. The molecule has 3 heterocycles. The van der Waals surface area contributed by atoms with Crippen LogP contribution in [0.1, 0.15) is 44.9 Å². The van der Waals surface area contributed by atoms with Gasteiger partial charge in [0.25, 0.3) is 5.91 Å². The average molecular weight is 454 g/mol. The van der Waals surface area contributed by atoms with Crippen LogP contribution < -0.4 is 9.64 Å². The van der Waals surface area contributed by atoms with E-state index in [0.29, 0.717) is 29.2 Å². The van der Waals surface area contributed by atoms with Gasteiger partial charge >= 0.3 is 5.97 Å². The van der Waals surface area contributed by atoms with Gasteiger partial charge in [-0.1, -0.05) is 6.07 Å². The second kappa shape index (κ2) is 8.82. The van der Waals surface area contributed by atoms with Crippen molar-refractivity contribution in [1.29, 1.82) is 0 Å². The van der Waals surface area contributed by atoms with Crippen molar-refractivity contribution >= 4 is 17.6 Å². The number of anilines is 1. The van der Waals surface area contributed by atoms with Gasteiger partial charge in [-0.15, -0.1) is 0 Å². The van der Waals surface area contributed by atoms with Gasteiger partial charge < -0.3 is 9.47 Å². The van der Waals surface area contributed by atoms with E-state index in [4.69, 9.17) is 9.47 Å². The monoisotopic (exact) mass is 454 g/mol. The quantitative estimate of drug-likeness (QED) is 0.434. The second-order valence-electron chi connectivity index (χ2n) is 7.72. The molecular weight excluding hydrogens is 432 g/mol. The van der Waals surface area contributed by atoms with E-state index >= 15 is 0 Å². The molecular formula is C26H22N4O4. The predicted octanol–water partition coefficient (Wildman–Crippen LogP) is 4.41. The summed E-state index contributed by atoms with van der Waals surface area (Å²) < 4.78 is 10.3. The van der Waals surface area contributed by atoms with Crippen molar-refractivity contribution in [2.75, 3.05) is 18.6 Å². The van der Waals surface area contributed by atoms with Gasteiger partial charge in [0, 0.05) is 29.2 Å². The fourth-order valence-corrected chi connectivity index (χ4v) is 4.21. The highest BCUT2D eigenvalue weighted by Crippen LogP contribution is 2.44. The number of benzene rings is 2. The Bertz CT molecular complexity index is 1330. The lowest BCUT2D eigenvalue weighted by atomic mass is 9.97. The maximum atomic E-state index is 13.6. The Balaban J connectivity index is 1.61. The lowest BCUT2D eigenvalue weighted by Crippen LogP contribution is -2.29. The first-order valence-corrected chi connectivity index (χ1v) is 10.9. The van der Waals surface area contributed by atoms with Crippen molar-refractivity contribution in [2.24, 2.45) is 0 Å². The first kappa shape index (κ1) is 21.4. The van der Waals surface area contributed by atoms with E-state index in [0.717, 1.165) is 22.4 Å². The number of ether oxygens (including phenoxy) is 2. The minimum atomic E-state index is -0.444. The largest absolute Gasteiger partial charge is 0.497 e. The minimum absolute atomic E-state index is 0.208. The molecule has 1 aliphatic rings. The number of hydrogen-bond acceptors (Lipinski definition) is 6. The summed E-state index contributed by atoms with van der Waals surface area (Å²) in [6.45, 7) is 2.06. The zero-order valence-electron chi connectivity index (χ0n) is 18.7. The van der Waals surface area contributed by atoms with Gasteiger partial charge in [-0.3, -0.25) is 19.8 Å². The maximum Gasteiger partial charge on any atom is 0.338 e. The van der Waals surface area contributed by atoms with E-state index < -0.39 is 12.0 Å². The van der Waals surface area contributed by atoms with Crippen LogP contribution in [0.3, 0.4) is 0 Å². The van der Waals surface area contributed by atoms with Crippen LogP contribution in [0.15, 0.2) is 73.1 Å². The number of H-pyrrole nitrogens is 1. The molecule has 0 bridgehead atoms. The van der Waals surface area contributed by atoms with Crippen LogP contribution in [-0.4, -0.2) is 40.8 Å². The highest BCUT2D eigenvalue weighted by molar-refractivity contribution is 6.11. The summed E-state index contributed by atoms with van der Waals surface area (Å²) in [5.41, 5.74) is 4.67. The van der Waals surface area contributed by atoms with E-state index in [2.05, 4.69) is 15.2 Å². The number of rotatable bonds is 6. The number of aromatic nitrogens is 3. The summed E-state index contributed by atoms with van der Waals surface area (Å²) in [7, 11) is 1.61. The van der Waals surface area contributed by atoms with E-state index in [1.807, 2.05) is 36.4 Å². The lowest BCUT2D eigenvalue weighted by molar-refractivity contribution is 0.0526. The Morgan fingerprint density at radius 2 is 1.85 bits per heavy atom. The first-order chi connectivity index (χ1) is 16.6. The predicted molar refractivity (Wildman–Crippen MR) is 126 cm³/mol. The van der Waals surface area contributed by atoms with Gasteiger partial charge in [0.05, 0.1) is 31.0 Å². The molecule has 0 spiro atoms. The smallest absolute Gasteiger partial charge is 0.338 e. The summed E-state index contributed by atoms with van der Waals surface area (Å²) >= 11 is 0. The molecule has 5 rings (SSSR count). The van der Waals surface area contributed by atoms with Crippen LogP contribution >= 0.6 is 0 Å². The molecule has 4 aromatic rings. The molecule has 8 nitrogen and oxygen atoms in total. The Morgan fingerprint density at radius 3 is 2.50 bits per heavy atom. The first-order valence-electron chi connectivity index (χ1n) is 10.9. The molecule has 0 saturated heterocycles. The van der Waals surface area contributed by atoms with Gasteiger partial charge in [0.15, 0.2) is 0 Å². The molecule has 1 aliphatic heterocycles. The van der Waals surface area contributed by atoms with Crippen molar-refractivity contribution < 1.29 is 19.1 Å². The van der Waals surface area contributed by atoms with Gasteiger partial charge in [-0.2, -0.15) is 5.10 Å². The normalized spacial score (nSPS) is 14.7. The molecule has 1 amide bonds. The van der Waals surface area contributed by atoms with Crippen molar-refractivity contribution in [3.05, 3.63) is 95.4 Å². The van der Waals surface area contributed by atoms with Gasteiger partial charge in [0.2, 0.25) is 0 Å². The van der Waals surface area contributed by atoms with Crippen LogP contribution in [0, 0.1) is 0 Å². The Hall–Kier alpha value is -4.46. The topological polar surface area (TPSA) is 97.4 Å². The van der Waals surface area contributed by atoms with Crippen LogP contribution in [-0.2, 0) is 4.74 Å². The van der Waals surface area contributed by atoms with E-state index in [9.17, 15) is 9.59 Å². The van der Waals surface area contributed by atoms with E-state index in [1.54, 1.807) is 55.6 Å². The third-order valence-corrected chi connectivity index (χ3v) is 5.79. The van der Waals surface area contributed by atoms with Crippen molar-refractivity contribution in [3.8, 4) is 17.0 Å². The van der Waals surface area contributed by atoms with Crippen LogP contribution in [0.2, 0.25) is 0 Å². The molecule has 34 heavy (non-hydrogen) atoms. The summed E-state index contributed by atoms with van der Waals surface area (Å²) in [5, 5.41) is 7.42. The molecule has 1 atom stereocenters. The summed E-state index contributed by atoms with van der Waals surface area (Å²) in [4.78, 5) is 31.6. The van der Waals surface area contributed by atoms with Crippen LogP contribution in [0.4, 0.5) is 5.69 Å². The average Bonchev–Trinajstić information content (AvgIpc) is 3.44. The minimum Gasteiger partial charge on any atom is -0.497 e. The van der Waals surface area contributed by atoms with Crippen LogP contribution in [0.25, 0.3) is 11.3 Å². The number of amides is 1. The Morgan fingerprint density at radius 1 is 1.09 bits per heavy atom. The number of aromatic amines is 1. The van der Waals surface area contributed by atoms with Crippen molar-refractivity contribution in [2.45, 2.75) is 13.0 Å². The van der Waals surface area contributed by atoms with Gasteiger partial charge in [-0.25, -0.2) is 4.79 Å². The SMILES string of the molecule is CCOC(=O)c1ccc(N2C(=O)c3[nH]nc(-c4ccc(OC)cc4)c3C2c2cccnc2)cc1. The lowest BCUT2D eigenvalue weighted by Gasteiger charge is -2.26.